The molecule has 32 heavy (non-hydrogen) atoms. The van der Waals surface area contributed by atoms with Crippen molar-refractivity contribution in [2.24, 2.45) is 0 Å². The average molecular weight is 471 g/mol. The Hall–Kier alpha value is -2.49. The maximum absolute atomic E-state index is 13.0. The number of carbonyl (C=O) groups is 2. The molecule has 1 fully saturated rings. The first-order chi connectivity index (χ1) is 15.3. The van der Waals surface area contributed by atoms with Gasteiger partial charge in [-0.05, 0) is 37.3 Å². The van der Waals surface area contributed by atoms with Gasteiger partial charge >= 0.3 is 0 Å². The van der Waals surface area contributed by atoms with Crippen molar-refractivity contribution < 1.29 is 32.2 Å². The fourth-order valence-electron chi connectivity index (χ4n) is 3.86. The third kappa shape index (κ3) is 6.27. The molecule has 1 aliphatic rings. The smallest absolute Gasteiger partial charge is 0.237 e. The monoisotopic (exact) mass is 470 g/mol. The number of hydrogen-bond donors (Lipinski definition) is 0. The van der Waals surface area contributed by atoms with Crippen LogP contribution in [0.2, 0.25) is 0 Å². The highest BCUT2D eigenvalue weighted by Crippen LogP contribution is 2.40. The topological polar surface area (TPSA) is 102 Å². The second-order valence-electron chi connectivity index (χ2n) is 7.61. The van der Waals surface area contributed by atoms with E-state index in [9.17, 15) is 18.0 Å². The minimum atomic E-state index is -3.72. The molecule has 0 saturated carbocycles. The molecule has 2 amide bonds. The summed E-state index contributed by atoms with van der Waals surface area (Å²) >= 11 is 0. The minimum absolute atomic E-state index is 0.00255. The third-order valence-electron chi connectivity index (χ3n) is 5.43. The lowest BCUT2D eigenvalue weighted by Gasteiger charge is -2.24. The molecule has 1 aromatic carbocycles. The number of nitrogens with zero attached hydrogens (tertiary/aromatic N) is 2. The van der Waals surface area contributed by atoms with Crippen LogP contribution in [-0.4, -0.2) is 76.2 Å². The summed E-state index contributed by atoms with van der Waals surface area (Å²) in [6.07, 6.45) is 2.47. The van der Waals surface area contributed by atoms with Crippen molar-refractivity contribution in [3.05, 3.63) is 17.7 Å². The van der Waals surface area contributed by atoms with Crippen molar-refractivity contribution in [3.63, 3.8) is 0 Å². The summed E-state index contributed by atoms with van der Waals surface area (Å²) in [5.74, 6) is 0.896. The molecule has 0 N–H and O–H groups in total. The van der Waals surface area contributed by atoms with Crippen molar-refractivity contribution in [2.45, 2.75) is 45.4 Å². The Kier molecular flexibility index (Phi) is 9.61. The first kappa shape index (κ1) is 25.8. The van der Waals surface area contributed by atoms with Crippen LogP contribution in [0.3, 0.4) is 0 Å². The van der Waals surface area contributed by atoms with E-state index >= 15 is 0 Å². The Morgan fingerprint density at radius 1 is 1.12 bits per heavy atom. The number of rotatable bonds is 13. The molecular weight excluding hydrogens is 436 g/mol. The van der Waals surface area contributed by atoms with Gasteiger partial charge in [0.15, 0.2) is 11.5 Å². The van der Waals surface area contributed by atoms with Gasteiger partial charge in [0.05, 0.1) is 27.1 Å². The van der Waals surface area contributed by atoms with Crippen LogP contribution in [-0.2, 0) is 26.0 Å². The molecule has 10 heteroatoms. The van der Waals surface area contributed by atoms with Gasteiger partial charge in [-0.3, -0.25) is 9.59 Å². The van der Waals surface area contributed by atoms with E-state index in [1.165, 1.54) is 21.3 Å². The Balaban J connectivity index is 2.11. The van der Waals surface area contributed by atoms with E-state index in [4.69, 9.17) is 14.2 Å². The molecule has 1 heterocycles. The number of amides is 2. The van der Waals surface area contributed by atoms with Crippen molar-refractivity contribution in [2.75, 3.05) is 46.7 Å². The first-order valence-electron chi connectivity index (χ1n) is 10.9. The van der Waals surface area contributed by atoms with Crippen LogP contribution in [0.4, 0.5) is 0 Å². The van der Waals surface area contributed by atoms with Gasteiger partial charge in [-0.15, -0.1) is 0 Å². The van der Waals surface area contributed by atoms with Crippen LogP contribution in [0.25, 0.3) is 0 Å². The van der Waals surface area contributed by atoms with Gasteiger partial charge in [-0.25, -0.2) is 12.7 Å². The summed E-state index contributed by atoms with van der Waals surface area (Å²) < 4.78 is 42.6. The average Bonchev–Trinajstić information content (AvgIpc) is 3.18. The zero-order valence-corrected chi connectivity index (χ0v) is 20.2. The van der Waals surface area contributed by atoms with Crippen LogP contribution in [0.1, 0.15) is 44.6 Å². The summed E-state index contributed by atoms with van der Waals surface area (Å²) in [4.78, 5) is 26.5. The predicted octanol–water partition coefficient (Wildman–Crippen LogP) is 2.23. The quantitative estimate of drug-likeness (QED) is 0.436. The summed E-state index contributed by atoms with van der Waals surface area (Å²) in [5, 5.41) is 0. The summed E-state index contributed by atoms with van der Waals surface area (Å²) in [5.41, 5.74) is 0.717. The van der Waals surface area contributed by atoms with Gasteiger partial charge in [0.1, 0.15) is 0 Å². The largest absolute Gasteiger partial charge is 0.493 e. The van der Waals surface area contributed by atoms with E-state index in [0.29, 0.717) is 55.2 Å². The van der Waals surface area contributed by atoms with Gasteiger partial charge in [0.2, 0.25) is 27.6 Å². The maximum Gasteiger partial charge on any atom is 0.237 e. The van der Waals surface area contributed by atoms with Gasteiger partial charge in [-0.1, -0.05) is 13.0 Å². The molecule has 1 saturated heterocycles. The van der Waals surface area contributed by atoms with Crippen molar-refractivity contribution in [3.8, 4) is 17.2 Å². The van der Waals surface area contributed by atoms with E-state index in [1.807, 2.05) is 0 Å². The summed E-state index contributed by atoms with van der Waals surface area (Å²) in [6.45, 7) is 2.97. The zero-order valence-electron chi connectivity index (χ0n) is 19.4. The molecule has 9 nitrogen and oxygen atoms in total. The SMILES string of the molecule is CCCS(=O)(=O)N(CCCN1CCCC1=O)C(=O)CCc1ccc(OC)c(OC)c1OC. The van der Waals surface area contributed by atoms with E-state index in [0.717, 1.165) is 10.7 Å². The van der Waals surface area contributed by atoms with E-state index < -0.39 is 15.9 Å². The lowest BCUT2D eigenvalue weighted by atomic mass is 10.1. The molecule has 1 aromatic rings. The predicted molar refractivity (Wildman–Crippen MR) is 121 cm³/mol. The van der Waals surface area contributed by atoms with Crippen LogP contribution in [0, 0.1) is 0 Å². The van der Waals surface area contributed by atoms with Crippen LogP contribution >= 0.6 is 0 Å². The molecular formula is C22H34N2O7S. The Bertz CT molecular complexity index is 902. The number of likely N-dealkylation sites (tertiary alicyclic amines) is 1. The summed E-state index contributed by atoms with van der Waals surface area (Å²) in [6, 6.07) is 3.50. The molecule has 1 aliphatic heterocycles. The number of carbonyl (C=O) groups excluding carboxylic acids is 2. The van der Waals surface area contributed by atoms with E-state index in [1.54, 1.807) is 24.0 Å². The van der Waals surface area contributed by atoms with Gasteiger partial charge in [-0.2, -0.15) is 0 Å². The molecule has 0 unspecified atom stereocenters. The third-order valence-corrected chi connectivity index (χ3v) is 7.41. The van der Waals surface area contributed by atoms with E-state index in [2.05, 4.69) is 0 Å². The molecule has 2 rings (SSSR count). The van der Waals surface area contributed by atoms with Crippen LogP contribution in [0.15, 0.2) is 12.1 Å². The molecule has 0 atom stereocenters. The Morgan fingerprint density at radius 2 is 1.84 bits per heavy atom. The second kappa shape index (κ2) is 11.9. The minimum Gasteiger partial charge on any atom is -0.493 e. The highest BCUT2D eigenvalue weighted by Gasteiger charge is 2.28. The van der Waals surface area contributed by atoms with Crippen molar-refractivity contribution in [1.29, 1.82) is 0 Å². The van der Waals surface area contributed by atoms with Crippen LogP contribution < -0.4 is 14.2 Å². The molecule has 0 bridgehead atoms. The van der Waals surface area contributed by atoms with Gasteiger partial charge < -0.3 is 19.1 Å². The highest BCUT2D eigenvalue weighted by atomic mass is 32.2. The van der Waals surface area contributed by atoms with Crippen LogP contribution in [0.5, 0.6) is 17.2 Å². The number of benzene rings is 1. The number of methoxy groups -OCH3 is 3. The highest BCUT2D eigenvalue weighted by molar-refractivity contribution is 7.89. The number of aryl methyl sites for hydroxylation is 1. The number of sulfonamides is 1. The van der Waals surface area contributed by atoms with E-state index in [-0.39, 0.29) is 31.0 Å². The molecule has 0 spiro atoms. The summed E-state index contributed by atoms with van der Waals surface area (Å²) in [7, 11) is 0.800. The first-order valence-corrected chi connectivity index (χ1v) is 12.5. The Morgan fingerprint density at radius 3 is 2.41 bits per heavy atom. The molecule has 0 aliphatic carbocycles. The lowest BCUT2D eigenvalue weighted by molar-refractivity contribution is -0.127. The zero-order chi connectivity index (χ0) is 23.7. The van der Waals surface area contributed by atoms with Crippen molar-refractivity contribution in [1.82, 2.24) is 9.21 Å². The lowest BCUT2D eigenvalue weighted by Crippen LogP contribution is -2.40. The maximum atomic E-state index is 13.0. The number of hydrogen-bond acceptors (Lipinski definition) is 7. The molecule has 0 radical (unpaired) electrons. The van der Waals surface area contributed by atoms with Gasteiger partial charge in [0, 0.05) is 32.5 Å². The molecule has 0 aromatic heterocycles. The normalized spacial score (nSPS) is 13.9. The fourth-order valence-corrected chi connectivity index (χ4v) is 5.40. The van der Waals surface area contributed by atoms with Crippen molar-refractivity contribution >= 4 is 21.8 Å². The number of ether oxygens (including phenoxy) is 3. The van der Waals surface area contributed by atoms with Gasteiger partial charge in [0.25, 0.3) is 0 Å². The standard InChI is InChI=1S/C22H34N2O7S/c1-5-16-32(27,28)24(15-7-14-23-13-6-8-19(23)25)20(26)12-10-17-9-11-18(29-2)22(31-4)21(17)30-3/h9,11H,5-8,10,12-16H2,1-4H3. The Labute approximate surface area is 190 Å². The second-order valence-corrected chi connectivity index (χ2v) is 9.63. The fraction of sp³-hybridized carbons (Fsp3) is 0.636. The molecule has 180 valence electrons.